The van der Waals surface area contributed by atoms with Crippen LogP contribution in [-0.2, 0) is 16.0 Å². The van der Waals surface area contributed by atoms with Crippen LogP contribution in [-0.4, -0.2) is 33.4 Å². The van der Waals surface area contributed by atoms with E-state index in [1.807, 2.05) is 12.1 Å². The Morgan fingerprint density at radius 1 is 1.21 bits per heavy atom. The summed E-state index contributed by atoms with van der Waals surface area (Å²) in [4.78, 5) is 41.3. The van der Waals surface area contributed by atoms with Crippen molar-refractivity contribution < 1.29 is 18.8 Å². The lowest BCUT2D eigenvalue weighted by atomic mass is 9.82. The van der Waals surface area contributed by atoms with Gasteiger partial charge in [0, 0.05) is 23.4 Å². The molecule has 1 saturated heterocycles. The molecule has 1 spiro atoms. The fourth-order valence-corrected chi connectivity index (χ4v) is 3.92. The van der Waals surface area contributed by atoms with E-state index in [0.29, 0.717) is 29.5 Å². The van der Waals surface area contributed by atoms with Crippen LogP contribution in [0.4, 0.5) is 4.79 Å². The largest absolute Gasteiger partial charge is 0.441 e. The van der Waals surface area contributed by atoms with E-state index in [2.05, 4.69) is 15.7 Å². The number of amides is 4. The zero-order chi connectivity index (χ0) is 20.4. The zero-order valence-corrected chi connectivity index (χ0v) is 16.5. The van der Waals surface area contributed by atoms with Crippen LogP contribution < -0.4 is 10.7 Å². The predicted molar refractivity (Wildman–Crippen MR) is 105 cm³/mol. The number of urea groups is 1. The van der Waals surface area contributed by atoms with Gasteiger partial charge in [-0.3, -0.25) is 15.0 Å². The molecule has 0 unspecified atom stereocenters. The molecule has 152 valence electrons. The first-order valence-corrected chi connectivity index (χ1v) is 10.0. The Hall–Kier alpha value is -2.87. The van der Waals surface area contributed by atoms with Gasteiger partial charge in [-0.1, -0.05) is 30.9 Å². The van der Waals surface area contributed by atoms with Crippen LogP contribution in [0.15, 0.2) is 34.9 Å². The number of halogens is 1. The molecule has 2 aromatic rings. The number of nitrogens with one attached hydrogen (secondary N) is 2. The quantitative estimate of drug-likeness (QED) is 0.728. The number of imide groups is 1. The highest BCUT2D eigenvalue weighted by molar-refractivity contribution is 6.30. The number of hydrazine groups is 1. The summed E-state index contributed by atoms with van der Waals surface area (Å²) in [5.41, 5.74) is 2.38. The topological polar surface area (TPSA) is 105 Å². The second-order valence-corrected chi connectivity index (χ2v) is 7.81. The average molecular weight is 417 g/mol. The number of benzene rings is 1. The molecule has 2 N–H and O–H groups in total. The number of hydrogen-bond donors (Lipinski definition) is 2. The summed E-state index contributed by atoms with van der Waals surface area (Å²) < 4.78 is 5.67. The van der Waals surface area contributed by atoms with Crippen molar-refractivity contribution in [3.05, 3.63) is 41.4 Å². The summed E-state index contributed by atoms with van der Waals surface area (Å²) in [6.07, 6.45) is 5.88. The molecule has 2 heterocycles. The van der Waals surface area contributed by atoms with Gasteiger partial charge in [-0.2, -0.15) is 5.01 Å². The summed E-state index contributed by atoms with van der Waals surface area (Å²) >= 11 is 5.88. The van der Waals surface area contributed by atoms with Crippen LogP contribution in [0.3, 0.4) is 0 Å². The average Bonchev–Trinajstić information content (AvgIpc) is 3.27. The fraction of sp³-hybridized carbons (Fsp3) is 0.400. The standard InChI is InChI=1S/C20H21ClN4O4/c21-14-6-4-13(5-7-14)15-12-22-17(29-15)9-8-16(26)24-25-18(27)20(23-19(25)28)10-2-1-3-11-20/h4-7,12H,1-3,8-11H2,(H,23,28)(H,24,26). The van der Waals surface area contributed by atoms with Gasteiger partial charge in [-0.05, 0) is 37.1 Å². The van der Waals surface area contributed by atoms with Gasteiger partial charge in [0.1, 0.15) is 5.54 Å². The zero-order valence-electron chi connectivity index (χ0n) is 15.7. The number of rotatable bonds is 5. The molecule has 2 aliphatic rings. The van der Waals surface area contributed by atoms with Crippen molar-refractivity contribution in [2.24, 2.45) is 0 Å². The molecule has 1 saturated carbocycles. The second kappa shape index (κ2) is 7.87. The molecular weight excluding hydrogens is 396 g/mol. The Morgan fingerprint density at radius 2 is 1.93 bits per heavy atom. The van der Waals surface area contributed by atoms with Gasteiger partial charge in [-0.25, -0.2) is 9.78 Å². The Morgan fingerprint density at radius 3 is 2.66 bits per heavy atom. The molecule has 9 heteroatoms. The number of oxazole rings is 1. The maximum Gasteiger partial charge on any atom is 0.344 e. The van der Waals surface area contributed by atoms with E-state index >= 15 is 0 Å². The van der Waals surface area contributed by atoms with Crippen LogP contribution in [0.25, 0.3) is 11.3 Å². The minimum Gasteiger partial charge on any atom is -0.441 e. The molecule has 4 amide bonds. The highest BCUT2D eigenvalue weighted by Crippen LogP contribution is 2.33. The number of aryl methyl sites for hydroxylation is 1. The Labute approximate surface area is 172 Å². The Kier molecular flexibility index (Phi) is 5.27. The van der Waals surface area contributed by atoms with Gasteiger partial charge < -0.3 is 9.73 Å². The molecular formula is C20H21ClN4O4. The summed E-state index contributed by atoms with van der Waals surface area (Å²) in [5, 5.41) is 4.19. The maximum absolute atomic E-state index is 12.7. The van der Waals surface area contributed by atoms with Crippen molar-refractivity contribution >= 4 is 29.4 Å². The van der Waals surface area contributed by atoms with Crippen molar-refractivity contribution in [1.82, 2.24) is 20.7 Å². The van der Waals surface area contributed by atoms with Gasteiger partial charge >= 0.3 is 6.03 Å². The van der Waals surface area contributed by atoms with E-state index < -0.39 is 17.5 Å². The molecule has 0 atom stereocenters. The van der Waals surface area contributed by atoms with Gasteiger partial charge in [-0.15, -0.1) is 0 Å². The molecule has 2 fully saturated rings. The van der Waals surface area contributed by atoms with E-state index in [1.54, 1.807) is 18.3 Å². The van der Waals surface area contributed by atoms with E-state index in [1.165, 1.54) is 0 Å². The number of nitrogens with zero attached hydrogens (tertiary/aromatic N) is 2. The van der Waals surface area contributed by atoms with Crippen molar-refractivity contribution in [3.63, 3.8) is 0 Å². The molecule has 1 aliphatic heterocycles. The minimum atomic E-state index is -0.862. The van der Waals surface area contributed by atoms with E-state index in [-0.39, 0.29) is 18.7 Å². The van der Waals surface area contributed by atoms with E-state index in [4.69, 9.17) is 16.0 Å². The highest BCUT2D eigenvalue weighted by Gasteiger charge is 2.52. The number of carbonyl (C=O) groups is 3. The summed E-state index contributed by atoms with van der Waals surface area (Å²) in [6, 6.07) is 6.56. The van der Waals surface area contributed by atoms with Gasteiger partial charge in [0.25, 0.3) is 5.91 Å². The van der Waals surface area contributed by atoms with Crippen LogP contribution in [0.5, 0.6) is 0 Å². The van der Waals surface area contributed by atoms with Crippen molar-refractivity contribution in [2.45, 2.75) is 50.5 Å². The van der Waals surface area contributed by atoms with E-state index in [0.717, 1.165) is 29.8 Å². The molecule has 0 bridgehead atoms. The second-order valence-electron chi connectivity index (χ2n) is 7.37. The number of hydrogen-bond acceptors (Lipinski definition) is 5. The lowest BCUT2D eigenvalue weighted by Crippen LogP contribution is -2.51. The van der Waals surface area contributed by atoms with Crippen molar-refractivity contribution in [2.75, 3.05) is 0 Å². The molecule has 0 radical (unpaired) electrons. The molecule has 1 aromatic carbocycles. The third-order valence-corrected chi connectivity index (χ3v) is 5.61. The first-order valence-electron chi connectivity index (χ1n) is 9.64. The maximum atomic E-state index is 12.7. The lowest BCUT2D eigenvalue weighted by Gasteiger charge is -2.30. The summed E-state index contributed by atoms with van der Waals surface area (Å²) in [7, 11) is 0. The monoisotopic (exact) mass is 416 g/mol. The SMILES string of the molecule is O=C(CCc1ncc(-c2ccc(Cl)cc2)o1)NN1C(=O)NC2(CCCCC2)C1=O. The summed E-state index contributed by atoms with van der Waals surface area (Å²) in [6.45, 7) is 0. The van der Waals surface area contributed by atoms with Crippen LogP contribution in [0, 0.1) is 0 Å². The highest BCUT2D eigenvalue weighted by atomic mass is 35.5. The molecule has 1 aromatic heterocycles. The molecule has 4 rings (SSSR count). The third-order valence-electron chi connectivity index (χ3n) is 5.35. The van der Waals surface area contributed by atoms with Crippen LogP contribution >= 0.6 is 11.6 Å². The lowest BCUT2D eigenvalue weighted by molar-refractivity contribution is -0.139. The smallest absolute Gasteiger partial charge is 0.344 e. The van der Waals surface area contributed by atoms with E-state index in [9.17, 15) is 14.4 Å². The Bertz CT molecular complexity index is 934. The fourth-order valence-electron chi connectivity index (χ4n) is 3.79. The van der Waals surface area contributed by atoms with Crippen LogP contribution in [0.1, 0.15) is 44.4 Å². The third kappa shape index (κ3) is 3.98. The van der Waals surface area contributed by atoms with Gasteiger partial charge in [0.15, 0.2) is 11.7 Å². The number of aromatic nitrogens is 1. The minimum absolute atomic E-state index is 0.0324. The Balaban J connectivity index is 1.33. The number of carbonyl (C=O) groups excluding carboxylic acids is 3. The first-order chi connectivity index (χ1) is 14.0. The van der Waals surface area contributed by atoms with Gasteiger partial charge in [0.05, 0.1) is 6.20 Å². The molecule has 1 aliphatic carbocycles. The van der Waals surface area contributed by atoms with Crippen LogP contribution in [0.2, 0.25) is 5.02 Å². The predicted octanol–water partition coefficient (Wildman–Crippen LogP) is 3.21. The van der Waals surface area contributed by atoms with Gasteiger partial charge in [0.2, 0.25) is 5.91 Å². The first kappa shape index (κ1) is 19.4. The summed E-state index contributed by atoms with van der Waals surface area (Å²) in [5.74, 6) is 0.140. The van der Waals surface area contributed by atoms with Crippen molar-refractivity contribution in [3.8, 4) is 11.3 Å². The molecule has 29 heavy (non-hydrogen) atoms. The normalized spacial score (nSPS) is 18.2. The molecule has 8 nitrogen and oxygen atoms in total. The van der Waals surface area contributed by atoms with Crippen molar-refractivity contribution in [1.29, 1.82) is 0 Å².